The predicted octanol–water partition coefficient (Wildman–Crippen LogP) is 4.34. The molecule has 6 heteroatoms. The number of alkyl halides is 3. The number of nitrogens with one attached hydrogen (secondary N) is 1. The van der Waals surface area contributed by atoms with Gasteiger partial charge >= 0.3 is 6.18 Å². The molecule has 1 heterocycles. The lowest BCUT2D eigenvalue weighted by atomic mass is 10.2. The van der Waals surface area contributed by atoms with Gasteiger partial charge in [0.1, 0.15) is 0 Å². The lowest BCUT2D eigenvalue weighted by molar-refractivity contribution is -0.137. The number of nitrogens with zero attached hydrogens (tertiary/aromatic N) is 2. The molecule has 0 saturated carbocycles. The minimum Gasteiger partial charge on any atom is -0.326 e. The normalized spacial score (nSPS) is 11.8. The van der Waals surface area contributed by atoms with E-state index < -0.39 is 11.7 Å². The second-order valence-electron chi connectivity index (χ2n) is 4.68. The van der Waals surface area contributed by atoms with Gasteiger partial charge in [0.15, 0.2) is 0 Å². The molecule has 3 rings (SSSR count). The third kappa shape index (κ3) is 2.56. The van der Waals surface area contributed by atoms with E-state index in [0.717, 1.165) is 23.2 Å². The van der Waals surface area contributed by atoms with Crippen LogP contribution in [0.3, 0.4) is 0 Å². The van der Waals surface area contributed by atoms with Crippen LogP contribution in [-0.2, 0) is 13.2 Å². The summed E-state index contributed by atoms with van der Waals surface area (Å²) >= 11 is 0. The van der Waals surface area contributed by atoms with E-state index in [1.54, 1.807) is 0 Å². The number of para-hydroxylation sites is 2. The summed E-state index contributed by atoms with van der Waals surface area (Å²) in [6, 6.07) is 12.5. The number of imidazole rings is 1. The Morgan fingerprint density at radius 1 is 1.00 bits per heavy atom. The van der Waals surface area contributed by atoms with Gasteiger partial charge in [-0.1, -0.05) is 12.1 Å². The van der Waals surface area contributed by atoms with Gasteiger partial charge in [-0.2, -0.15) is 13.2 Å². The summed E-state index contributed by atoms with van der Waals surface area (Å²) in [6.45, 7) is 0. The highest BCUT2D eigenvalue weighted by atomic mass is 19.4. The van der Waals surface area contributed by atoms with Gasteiger partial charge in [0, 0.05) is 12.7 Å². The SMILES string of the molecule is Cn1c(Nc2ccc(C(F)(F)F)cc2)nc2ccccc21. The maximum Gasteiger partial charge on any atom is 0.416 e. The molecular formula is C15H12F3N3. The van der Waals surface area contributed by atoms with Crippen LogP contribution < -0.4 is 5.32 Å². The summed E-state index contributed by atoms with van der Waals surface area (Å²) in [4.78, 5) is 4.41. The topological polar surface area (TPSA) is 29.9 Å². The minimum atomic E-state index is -4.32. The molecule has 0 atom stereocenters. The molecular weight excluding hydrogens is 279 g/mol. The lowest BCUT2D eigenvalue weighted by Crippen LogP contribution is -2.05. The fourth-order valence-corrected chi connectivity index (χ4v) is 2.13. The van der Waals surface area contributed by atoms with E-state index in [9.17, 15) is 13.2 Å². The van der Waals surface area contributed by atoms with Gasteiger partial charge in [-0.05, 0) is 36.4 Å². The number of fused-ring (bicyclic) bond motifs is 1. The van der Waals surface area contributed by atoms with Crippen LogP contribution in [0.1, 0.15) is 5.56 Å². The summed E-state index contributed by atoms with van der Waals surface area (Å²) < 4.78 is 39.4. The van der Waals surface area contributed by atoms with Gasteiger partial charge in [-0.15, -0.1) is 0 Å². The molecule has 3 nitrogen and oxygen atoms in total. The first-order chi connectivity index (χ1) is 9.95. The van der Waals surface area contributed by atoms with Crippen LogP contribution in [0.15, 0.2) is 48.5 Å². The molecule has 0 aliphatic rings. The van der Waals surface area contributed by atoms with Crippen molar-refractivity contribution in [2.45, 2.75) is 6.18 Å². The van der Waals surface area contributed by atoms with Gasteiger partial charge in [-0.3, -0.25) is 0 Å². The zero-order chi connectivity index (χ0) is 15.0. The molecule has 0 amide bonds. The molecule has 0 saturated heterocycles. The summed E-state index contributed by atoms with van der Waals surface area (Å²) in [6.07, 6.45) is -4.32. The molecule has 2 aromatic carbocycles. The summed E-state index contributed by atoms with van der Waals surface area (Å²) in [7, 11) is 1.85. The van der Waals surface area contributed by atoms with Crippen molar-refractivity contribution >= 4 is 22.7 Å². The fourth-order valence-electron chi connectivity index (χ4n) is 2.13. The molecule has 0 aliphatic heterocycles. The number of aryl methyl sites for hydroxylation is 1. The van der Waals surface area contributed by atoms with Crippen LogP contribution in [0.4, 0.5) is 24.8 Å². The minimum absolute atomic E-state index is 0.557. The quantitative estimate of drug-likeness (QED) is 0.761. The summed E-state index contributed by atoms with van der Waals surface area (Å²) in [5.74, 6) is 0.580. The van der Waals surface area contributed by atoms with E-state index in [2.05, 4.69) is 10.3 Å². The van der Waals surface area contributed by atoms with Crippen molar-refractivity contribution in [2.24, 2.45) is 7.05 Å². The van der Waals surface area contributed by atoms with Crippen molar-refractivity contribution in [3.8, 4) is 0 Å². The molecule has 0 spiro atoms. The van der Waals surface area contributed by atoms with Crippen molar-refractivity contribution in [1.29, 1.82) is 0 Å². The van der Waals surface area contributed by atoms with E-state index in [1.165, 1.54) is 12.1 Å². The van der Waals surface area contributed by atoms with Crippen molar-refractivity contribution in [3.63, 3.8) is 0 Å². The Labute approximate surface area is 119 Å². The molecule has 21 heavy (non-hydrogen) atoms. The predicted molar refractivity (Wildman–Crippen MR) is 75.4 cm³/mol. The van der Waals surface area contributed by atoms with E-state index in [-0.39, 0.29) is 0 Å². The molecule has 0 radical (unpaired) electrons. The Balaban J connectivity index is 1.90. The molecule has 0 aliphatic carbocycles. The van der Waals surface area contributed by atoms with Gasteiger partial charge in [0.05, 0.1) is 16.6 Å². The van der Waals surface area contributed by atoms with E-state index in [4.69, 9.17) is 0 Å². The number of rotatable bonds is 2. The largest absolute Gasteiger partial charge is 0.416 e. The zero-order valence-electron chi connectivity index (χ0n) is 11.1. The Morgan fingerprint density at radius 3 is 2.29 bits per heavy atom. The average Bonchev–Trinajstić information content (AvgIpc) is 2.76. The van der Waals surface area contributed by atoms with Crippen molar-refractivity contribution < 1.29 is 13.2 Å². The molecule has 1 aromatic heterocycles. The van der Waals surface area contributed by atoms with Crippen molar-refractivity contribution in [2.75, 3.05) is 5.32 Å². The number of halogens is 3. The lowest BCUT2D eigenvalue weighted by Gasteiger charge is -2.09. The Hall–Kier alpha value is -2.50. The smallest absolute Gasteiger partial charge is 0.326 e. The maximum absolute atomic E-state index is 12.5. The first-order valence-corrected chi connectivity index (χ1v) is 6.31. The molecule has 0 bridgehead atoms. The standard InChI is InChI=1S/C15H12F3N3/c1-21-13-5-3-2-4-12(13)20-14(21)19-11-8-6-10(7-9-11)15(16,17)18/h2-9H,1H3,(H,19,20). The Kier molecular flexibility index (Phi) is 3.08. The molecule has 0 fully saturated rings. The third-order valence-corrected chi connectivity index (χ3v) is 3.26. The highest BCUT2D eigenvalue weighted by Crippen LogP contribution is 2.30. The molecule has 1 N–H and O–H groups in total. The van der Waals surface area contributed by atoms with Crippen LogP contribution in [0.2, 0.25) is 0 Å². The van der Waals surface area contributed by atoms with Crippen LogP contribution >= 0.6 is 0 Å². The molecule has 0 unspecified atom stereocenters. The number of hydrogen-bond acceptors (Lipinski definition) is 2. The van der Waals surface area contributed by atoms with Crippen LogP contribution in [0.5, 0.6) is 0 Å². The van der Waals surface area contributed by atoms with Crippen molar-refractivity contribution in [1.82, 2.24) is 9.55 Å². The van der Waals surface area contributed by atoms with Gasteiger partial charge in [0.25, 0.3) is 0 Å². The fraction of sp³-hybridized carbons (Fsp3) is 0.133. The summed E-state index contributed by atoms with van der Waals surface area (Å²) in [5.41, 5.74) is 1.67. The number of aromatic nitrogens is 2. The number of anilines is 2. The monoisotopic (exact) mass is 291 g/mol. The maximum atomic E-state index is 12.5. The Morgan fingerprint density at radius 2 is 1.67 bits per heavy atom. The highest BCUT2D eigenvalue weighted by molar-refractivity contribution is 5.79. The first kappa shape index (κ1) is 13.5. The molecule has 108 valence electrons. The van der Waals surface area contributed by atoms with E-state index >= 15 is 0 Å². The average molecular weight is 291 g/mol. The first-order valence-electron chi connectivity index (χ1n) is 6.31. The van der Waals surface area contributed by atoms with Gasteiger partial charge < -0.3 is 9.88 Å². The van der Waals surface area contributed by atoms with Crippen molar-refractivity contribution in [3.05, 3.63) is 54.1 Å². The number of hydrogen-bond donors (Lipinski definition) is 1. The van der Waals surface area contributed by atoms with Gasteiger partial charge in [-0.25, -0.2) is 4.98 Å². The second kappa shape index (κ2) is 4.80. The van der Waals surface area contributed by atoms with Crippen LogP contribution in [-0.4, -0.2) is 9.55 Å². The highest BCUT2D eigenvalue weighted by Gasteiger charge is 2.29. The summed E-state index contributed by atoms with van der Waals surface area (Å²) in [5, 5.41) is 3.02. The second-order valence-corrected chi connectivity index (χ2v) is 4.68. The van der Waals surface area contributed by atoms with Gasteiger partial charge in [0.2, 0.25) is 5.95 Å². The van der Waals surface area contributed by atoms with Crippen LogP contribution in [0, 0.1) is 0 Å². The molecule has 3 aromatic rings. The third-order valence-electron chi connectivity index (χ3n) is 3.26. The number of benzene rings is 2. The van der Waals surface area contributed by atoms with E-state index in [0.29, 0.717) is 11.6 Å². The zero-order valence-corrected chi connectivity index (χ0v) is 11.1. The van der Waals surface area contributed by atoms with E-state index in [1.807, 2.05) is 35.9 Å². The Bertz CT molecular complexity index is 773. The van der Waals surface area contributed by atoms with Crippen LogP contribution in [0.25, 0.3) is 11.0 Å².